The van der Waals surface area contributed by atoms with Gasteiger partial charge < -0.3 is 14.8 Å². The molecular weight excluding hydrogens is 220 g/mol. The molecule has 1 rings (SSSR count). The van der Waals surface area contributed by atoms with Crippen LogP contribution in [0.15, 0.2) is 0 Å². The number of carbonyl (C=O) groups is 1. The molecule has 0 amide bonds. The van der Waals surface area contributed by atoms with Crippen LogP contribution in [0, 0.1) is 0 Å². The van der Waals surface area contributed by atoms with Gasteiger partial charge in [-0.3, -0.25) is 9.69 Å². The molecule has 0 saturated carbocycles. The van der Waals surface area contributed by atoms with Crippen molar-refractivity contribution in [1.29, 1.82) is 0 Å². The first-order chi connectivity index (χ1) is 8.26. The van der Waals surface area contributed by atoms with Gasteiger partial charge in [-0.2, -0.15) is 0 Å². The molecular formula is C12H24N2O3. The van der Waals surface area contributed by atoms with Crippen LogP contribution < -0.4 is 5.32 Å². The normalized spacial score (nSPS) is 19.8. The molecule has 0 bridgehead atoms. The Morgan fingerprint density at radius 3 is 2.94 bits per heavy atom. The molecule has 1 N–H and O–H groups in total. The van der Waals surface area contributed by atoms with Gasteiger partial charge in [-0.05, 0) is 26.3 Å². The second-order valence-corrected chi connectivity index (χ2v) is 4.33. The van der Waals surface area contributed by atoms with E-state index in [-0.39, 0.29) is 5.97 Å². The van der Waals surface area contributed by atoms with Gasteiger partial charge in [-0.15, -0.1) is 0 Å². The van der Waals surface area contributed by atoms with Crippen LogP contribution in [0.3, 0.4) is 0 Å². The summed E-state index contributed by atoms with van der Waals surface area (Å²) in [4.78, 5) is 13.6. The standard InChI is InChI=1S/C12H24N2O3/c1-3-17-12(15)10-14(7-8-16-2)9-11-5-4-6-13-11/h11,13H,3-10H2,1-2H3. The van der Waals surface area contributed by atoms with Crippen LogP contribution in [0.25, 0.3) is 0 Å². The van der Waals surface area contributed by atoms with E-state index >= 15 is 0 Å². The van der Waals surface area contributed by atoms with E-state index in [1.165, 1.54) is 12.8 Å². The highest BCUT2D eigenvalue weighted by atomic mass is 16.5. The molecule has 5 heteroatoms. The Balaban J connectivity index is 2.32. The quantitative estimate of drug-likeness (QED) is 0.620. The fourth-order valence-electron chi connectivity index (χ4n) is 2.07. The minimum Gasteiger partial charge on any atom is -0.465 e. The lowest BCUT2D eigenvalue weighted by atomic mass is 10.2. The number of hydrogen-bond acceptors (Lipinski definition) is 5. The number of nitrogens with zero attached hydrogens (tertiary/aromatic N) is 1. The molecule has 100 valence electrons. The van der Waals surface area contributed by atoms with E-state index in [0.29, 0.717) is 25.8 Å². The van der Waals surface area contributed by atoms with Crippen LogP contribution >= 0.6 is 0 Å². The van der Waals surface area contributed by atoms with Crippen LogP contribution in [0.1, 0.15) is 19.8 Å². The molecule has 1 fully saturated rings. The van der Waals surface area contributed by atoms with Gasteiger partial charge >= 0.3 is 5.97 Å². The summed E-state index contributed by atoms with van der Waals surface area (Å²) in [5.41, 5.74) is 0. The fraction of sp³-hybridized carbons (Fsp3) is 0.917. The van der Waals surface area contributed by atoms with Gasteiger partial charge in [0.25, 0.3) is 0 Å². The van der Waals surface area contributed by atoms with E-state index < -0.39 is 0 Å². The maximum atomic E-state index is 11.5. The Labute approximate surface area is 103 Å². The molecule has 5 nitrogen and oxygen atoms in total. The van der Waals surface area contributed by atoms with E-state index in [1.54, 1.807) is 7.11 Å². The number of hydrogen-bond donors (Lipinski definition) is 1. The zero-order valence-electron chi connectivity index (χ0n) is 10.9. The van der Waals surface area contributed by atoms with Crippen molar-refractivity contribution in [2.45, 2.75) is 25.8 Å². The lowest BCUT2D eigenvalue weighted by Gasteiger charge is -2.24. The van der Waals surface area contributed by atoms with Crippen molar-refractivity contribution in [3.05, 3.63) is 0 Å². The summed E-state index contributed by atoms with van der Waals surface area (Å²) in [7, 11) is 1.68. The number of methoxy groups -OCH3 is 1. The fourth-order valence-corrected chi connectivity index (χ4v) is 2.07. The van der Waals surface area contributed by atoms with Gasteiger partial charge in [0.15, 0.2) is 0 Å². The molecule has 1 aliphatic rings. The summed E-state index contributed by atoms with van der Waals surface area (Å²) >= 11 is 0. The first-order valence-corrected chi connectivity index (χ1v) is 6.36. The maximum absolute atomic E-state index is 11.5. The van der Waals surface area contributed by atoms with Crippen LogP contribution in [0.2, 0.25) is 0 Å². The average molecular weight is 244 g/mol. The first kappa shape index (κ1) is 14.4. The van der Waals surface area contributed by atoms with E-state index in [4.69, 9.17) is 9.47 Å². The monoisotopic (exact) mass is 244 g/mol. The summed E-state index contributed by atoms with van der Waals surface area (Å²) < 4.78 is 10.0. The summed E-state index contributed by atoms with van der Waals surface area (Å²) in [5, 5.41) is 3.43. The molecule has 1 aliphatic heterocycles. The van der Waals surface area contributed by atoms with Crippen LogP contribution in [0.4, 0.5) is 0 Å². The third kappa shape index (κ3) is 6.00. The number of esters is 1. The van der Waals surface area contributed by atoms with E-state index in [2.05, 4.69) is 10.2 Å². The molecule has 0 aliphatic carbocycles. The Hall–Kier alpha value is -0.650. The zero-order valence-corrected chi connectivity index (χ0v) is 10.9. The highest BCUT2D eigenvalue weighted by Gasteiger charge is 2.19. The summed E-state index contributed by atoms with van der Waals surface area (Å²) in [5.74, 6) is -0.151. The van der Waals surface area contributed by atoms with Crippen LogP contribution in [-0.2, 0) is 14.3 Å². The molecule has 0 aromatic carbocycles. The van der Waals surface area contributed by atoms with Gasteiger partial charge in [0.05, 0.1) is 19.8 Å². The molecule has 1 heterocycles. The number of nitrogens with one attached hydrogen (secondary N) is 1. The van der Waals surface area contributed by atoms with Crippen molar-refractivity contribution in [1.82, 2.24) is 10.2 Å². The van der Waals surface area contributed by atoms with Crippen molar-refractivity contribution in [2.24, 2.45) is 0 Å². The van der Waals surface area contributed by atoms with E-state index in [9.17, 15) is 4.79 Å². The van der Waals surface area contributed by atoms with Crippen LogP contribution in [0.5, 0.6) is 0 Å². The van der Waals surface area contributed by atoms with Crippen molar-refractivity contribution in [2.75, 3.05) is 46.5 Å². The van der Waals surface area contributed by atoms with Gasteiger partial charge in [0.2, 0.25) is 0 Å². The molecule has 0 radical (unpaired) electrons. The third-order valence-electron chi connectivity index (χ3n) is 2.91. The Morgan fingerprint density at radius 1 is 1.53 bits per heavy atom. The number of ether oxygens (including phenoxy) is 2. The predicted molar refractivity (Wildman–Crippen MR) is 66.0 cm³/mol. The summed E-state index contributed by atoms with van der Waals surface area (Å²) in [6, 6.07) is 0.501. The molecule has 0 aromatic rings. The van der Waals surface area contributed by atoms with Crippen LogP contribution in [-0.4, -0.2) is 63.4 Å². The SMILES string of the molecule is CCOC(=O)CN(CCOC)CC1CCCN1. The minimum absolute atomic E-state index is 0.151. The molecule has 0 aromatic heterocycles. The lowest BCUT2D eigenvalue weighted by Crippen LogP contribution is -2.42. The van der Waals surface area contributed by atoms with Crippen molar-refractivity contribution >= 4 is 5.97 Å². The number of carbonyl (C=O) groups excluding carboxylic acids is 1. The molecule has 0 spiro atoms. The summed E-state index contributed by atoms with van der Waals surface area (Å²) in [6.07, 6.45) is 2.41. The van der Waals surface area contributed by atoms with Crippen molar-refractivity contribution in [3.8, 4) is 0 Å². The Morgan fingerprint density at radius 2 is 2.35 bits per heavy atom. The summed E-state index contributed by atoms with van der Waals surface area (Å²) in [6.45, 7) is 6.02. The second kappa shape index (κ2) is 8.44. The Bertz CT molecular complexity index is 218. The molecule has 1 unspecified atom stereocenters. The first-order valence-electron chi connectivity index (χ1n) is 6.36. The topological polar surface area (TPSA) is 50.8 Å². The van der Waals surface area contributed by atoms with E-state index in [0.717, 1.165) is 19.6 Å². The Kier molecular flexibility index (Phi) is 7.16. The molecule has 17 heavy (non-hydrogen) atoms. The van der Waals surface area contributed by atoms with Gasteiger partial charge in [-0.1, -0.05) is 0 Å². The second-order valence-electron chi connectivity index (χ2n) is 4.33. The molecule has 1 atom stereocenters. The maximum Gasteiger partial charge on any atom is 0.320 e. The van der Waals surface area contributed by atoms with Crippen molar-refractivity contribution in [3.63, 3.8) is 0 Å². The minimum atomic E-state index is -0.151. The van der Waals surface area contributed by atoms with Gasteiger partial charge in [-0.25, -0.2) is 0 Å². The largest absolute Gasteiger partial charge is 0.465 e. The molecule has 1 saturated heterocycles. The predicted octanol–water partition coefficient (Wildman–Crippen LogP) is 0.250. The zero-order chi connectivity index (χ0) is 12.5. The highest BCUT2D eigenvalue weighted by molar-refractivity contribution is 5.71. The number of rotatable bonds is 8. The van der Waals surface area contributed by atoms with E-state index in [1.807, 2.05) is 6.92 Å². The third-order valence-corrected chi connectivity index (χ3v) is 2.91. The average Bonchev–Trinajstić information content (AvgIpc) is 2.79. The van der Waals surface area contributed by atoms with Crippen molar-refractivity contribution < 1.29 is 14.3 Å². The van der Waals surface area contributed by atoms with Gasteiger partial charge in [0.1, 0.15) is 0 Å². The van der Waals surface area contributed by atoms with Gasteiger partial charge in [0, 0.05) is 26.2 Å². The lowest BCUT2D eigenvalue weighted by molar-refractivity contribution is -0.144. The highest BCUT2D eigenvalue weighted by Crippen LogP contribution is 2.07. The smallest absolute Gasteiger partial charge is 0.320 e.